The van der Waals surface area contributed by atoms with Gasteiger partial charge >= 0.3 is 0 Å². The van der Waals surface area contributed by atoms with Crippen LogP contribution in [-0.4, -0.2) is 19.1 Å². The van der Waals surface area contributed by atoms with Crippen LogP contribution in [0.2, 0.25) is 5.02 Å². The highest BCUT2D eigenvalue weighted by Gasteiger charge is 2.02. The molecule has 0 radical (unpaired) electrons. The Bertz CT molecular complexity index is 597. The van der Waals surface area contributed by atoms with Gasteiger partial charge in [-0.1, -0.05) is 11.6 Å². The molecule has 0 fully saturated rings. The van der Waals surface area contributed by atoms with E-state index in [4.69, 9.17) is 16.3 Å². The summed E-state index contributed by atoms with van der Waals surface area (Å²) in [5.41, 5.74) is 1.71. The van der Waals surface area contributed by atoms with Gasteiger partial charge in [0.05, 0.1) is 6.61 Å². The van der Waals surface area contributed by atoms with E-state index in [0.29, 0.717) is 24.6 Å². The molecule has 116 valence electrons. The Hall–Kier alpha value is -2.20. The second-order valence-corrected chi connectivity index (χ2v) is 5.13. The molecule has 2 N–H and O–H groups in total. The molecule has 1 amide bonds. The smallest absolute Gasteiger partial charge is 0.226 e. The molecule has 4 nitrogen and oxygen atoms in total. The molecular formula is C17H19ClN2O2. The van der Waals surface area contributed by atoms with Crippen LogP contribution in [0.3, 0.4) is 0 Å². The average Bonchev–Trinajstić information content (AvgIpc) is 2.51. The fourth-order valence-corrected chi connectivity index (χ4v) is 2.04. The van der Waals surface area contributed by atoms with E-state index in [0.717, 1.165) is 17.1 Å². The van der Waals surface area contributed by atoms with Gasteiger partial charge in [0, 0.05) is 29.4 Å². The third kappa shape index (κ3) is 5.30. The van der Waals surface area contributed by atoms with Crippen LogP contribution < -0.4 is 15.4 Å². The number of hydrogen-bond acceptors (Lipinski definition) is 3. The number of carbonyl (C=O) groups excluding carboxylic acids is 1. The van der Waals surface area contributed by atoms with Gasteiger partial charge in [-0.2, -0.15) is 0 Å². The Balaban J connectivity index is 1.74. The van der Waals surface area contributed by atoms with E-state index in [-0.39, 0.29) is 5.91 Å². The quantitative estimate of drug-likeness (QED) is 0.805. The molecule has 0 saturated carbocycles. The first-order valence-electron chi connectivity index (χ1n) is 7.19. The molecule has 0 heterocycles. The summed E-state index contributed by atoms with van der Waals surface area (Å²) in [6.07, 6.45) is 0.385. The first kappa shape index (κ1) is 16.2. The van der Waals surface area contributed by atoms with Crippen LogP contribution in [0.25, 0.3) is 0 Å². The van der Waals surface area contributed by atoms with Gasteiger partial charge in [-0.05, 0) is 55.5 Å². The molecule has 0 bridgehead atoms. The second kappa shape index (κ2) is 8.29. The zero-order chi connectivity index (χ0) is 15.8. The lowest BCUT2D eigenvalue weighted by Gasteiger charge is -2.08. The molecule has 0 aromatic heterocycles. The number of ether oxygens (including phenoxy) is 1. The van der Waals surface area contributed by atoms with Gasteiger partial charge in [-0.15, -0.1) is 0 Å². The highest BCUT2D eigenvalue weighted by atomic mass is 35.5. The predicted octanol–water partition coefficient (Wildman–Crippen LogP) is 4.18. The first-order chi connectivity index (χ1) is 10.7. The lowest BCUT2D eigenvalue weighted by Crippen LogP contribution is -2.16. The van der Waals surface area contributed by atoms with Gasteiger partial charge in [-0.25, -0.2) is 0 Å². The third-order valence-corrected chi connectivity index (χ3v) is 3.23. The summed E-state index contributed by atoms with van der Waals surface area (Å²) < 4.78 is 5.36. The Morgan fingerprint density at radius 2 is 1.68 bits per heavy atom. The number of benzene rings is 2. The molecule has 0 atom stereocenters. The summed E-state index contributed by atoms with van der Waals surface area (Å²) in [7, 11) is 0. The van der Waals surface area contributed by atoms with Crippen molar-refractivity contribution in [2.24, 2.45) is 0 Å². The van der Waals surface area contributed by atoms with E-state index in [1.807, 2.05) is 55.5 Å². The fraction of sp³-hybridized carbons (Fsp3) is 0.235. The van der Waals surface area contributed by atoms with Crippen molar-refractivity contribution < 1.29 is 9.53 Å². The maximum atomic E-state index is 11.9. The van der Waals surface area contributed by atoms with Crippen LogP contribution >= 0.6 is 11.6 Å². The summed E-state index contributed by atoms with van der Waals surface area (Å²) >= 11 is 5.82. The maximum Gasteiger partial charge on any atom is 0.226 e. The number of anilines is 2. The molecule has 0 unspecified atom stereocenters. The Kier molecular flexibility index (Phi) is 6.10. The average molecular weight is 319 g/mol. The van der Waals surface area contributed by atoms with Gasteiger partial charge in [0.1, 0.15) is 5.75 Å². The molecule has 0 aliphatic carbocycles. The molecule has 22 heavy (non-hydrogen) atoms. The zero-order valence-corrected chi connectivity index (χ0v) is 13.2. The standard InChI is InChI=1S/C17H19ClN2O2/c1-2-22-16-9-7-15(8-10-16)20-17(21)11-12-19-14-5-3-13(18)4-6-14/h3-10,19H,2,11-12H2,1H3,(H,20,21). The fourth-order valence-electron chi connectivity index (χ4n) is 1.91. The molecule has 0 aliphatic heterocycles. The molecule has 5 heteroatoms. The highest BCUT2D eigenvalue weighted by Crippen LogP contribution is 2.16. The minimum Gasteiger partial charge on any atom is -0.494 e. The topological polar surface area (TPSA) is 50.4 Å². The van der Waals surface area contributed by atoms with Crippen molar-refractivity contribution >= 4 is 28.9 Å². The van der Waals surface area contributed by atoms with Crippen molar-refractivity contribution in [1.29, 1.82) is 0 Å². The lowest BCUT2D eigenvalue weighted by atomic mass is 10.2. The molecular weight excluding hydrogens is 300 g/mol. The first-order valence-corrected chi connectivity index (χ1v) is 7.57. The Labute approximate surface area is 135 Å². The van der Waals surface area contributed by atoms with Gasteiger partial charge in [0.25, 0.3) is 0 Å². The Morgan fingerprint density at radius 3 is 2.32 bits per heavy atom. The van der Waals surface area contributed by atoms with E-state index < -0.39 is 0 Å². The molecule has 0 aliphatic rings. The monoisotopic (exact) mass is 318 g/mol. The number of rotatable bonds is 7. The second-order valence-electron chi connectivity index (χ2n) is 4.69. The highest BCUT2D eigenvalue weighted by molar-refractivity contribution is 6.30. The summed E-state index contributed by atoms with van der Waals surface area (Å²) in [6.45, 7) is 3.12. The summed E-state index contributed by atoms with van der Waals surface area (Å²) in [5, 5.41) is 6.72. The van der Waals surface area contributed by atoms with E-state index in [9.17, 15) is 4.79 Å². The lowest BCUT2D eigenvalue weighted by molar-refractivity contribution is -0.115. The van der Waals surface area contributed by atoms with Gasteiger partial charge in [-0.3, -0.25) is 4.79 Å². The number of hydrogen-bond donors (Lipinski definition) is 2. The van der Waals surface area contributed by atoms with Crippen LogP contribution in [0.1, 0.15) is 13.3 Å². The molecule has 2 aromatic carbocycles. The zero-order valence-electron chi connectivity index (χ0n) is 12.4. The number of nitrogens with one attached hydrogen (secondary N) is 2. The third-order valence-electron chi connectivity index (χ3n) is 2.97. The van der Waals surface area contributed by atoms with Gasteiger partial charge < -0.3 is 15.4 Å². The minimum atomic E-state index is -0.0365. The number of carbonyl (C=O) groups is 1. The summed E-state index contributed by atoms with van der Waals surface area (Å²) in [6, 6.07) is 14.7. The van der Waals surface area contributed by atoms with Crippen molar-refractivity contribution in [2.75, 3.05) is 23.8 Å². The van der Waals surface area contributed by atoms with Crippen molar-refractivity contribution in [1.82, 2.24) is 0 Å². The van der Waals surface area contributed by atoms with Crippen LogP contribution in [0, 0.1) is 0 Å². The van der Waals surface area contributed by atoms with Crippen LogP contribution in [-0.2, 0) is 4.79 Å². The largest absolute Gasteiger partial charge is 0.494 e. The van der Waals surface area contributed by atoms with E-state index >= 15 is 0 Å². The predicted molar refractivity (Wildman–Crippen MR) is 90.8 cm³/mol. The van der Waals surface area contributed by atoms with Crippen molar-refractivity contribution in [3.05, 3.63) is 53.6 Å². The summed E-state index contributed by atoms with van der Waals surface area (Å²) in [4.78, 5) is 11.9. The molecule has 2 rings (SSSR count). The molecule has 0 saturated heterocycles. The van der Waals surface area contributed by atoms with Crippen molar-refractivity contribution in [3.63, 3.8) is 0 Å². The van der Waals surface area contributed by atoms with Crippen molar-refractivity contribution in [2.45, 2.75) is 13.3 Å². The SMILES string of the molecule is CCOc1ccc(NC(=O)CCNc2ccc(Cl)cc2)cc1. The van der Waals surface area contributed by atoms with Gasteiger partial charge in [0.2, 0.25) is 5.91 Å². The maximum absolute atomic E-state index is 11.9. The molecule has 0 spiro atoms. The van der Waals surface area contributed by atoms with Crippen LogP contribution in [0.4, 0.5) is 11.4 Å². The van der Waals surface area contributed by atoms with Crippen LogP contribution in [0.5, 0.6) is 5.75 Å². The Morgan fingerprint density at radius 1 is 1.05 bits per heavy atom. The minimum absolute atomic E-state index is 0.0365. The molecule has 2 aromatic rings. The number of amides is 1. The normalized spacial score (nSPS) is 10.1. The number of halogens is 1. The van der Waals surface area contributed by atoms with E-state index in [2.05, 4.69) is 10.6 Å². The van der Waals surface area contributed by atoms with Crippen molar-refractivity contribution in [3.8, 4) is 5.75 Å². The van der Waals surface area contributed by atoms with E-state index in [1.54, 1.807) is 0 Å². The van der Waals surface area contributed by atoms with Crippen LogP contribution in [0.15, 0.2) is 48.5 Å². The summed E-state index contributed by atoms with van der Waals surface area (Å²) in [5.74, 6) is 0.760. The van der Waals surface area contributed by atoms with E-state index in [1.165, 1.54) is 0 Å². The van der Waals surface area contributed by atoms with Gasteiger partial charge in [0.15, 0.2) is 0 Å².